The summed E-state index contributed by atoms with van der Waals surface area (Å²) >= 11 is 0. The molecule has 2 atom stereocenters. The molecule has 1 aliphatic heterocycles. The van der Waals surface area contributed by atoms with E-state index in [1.54, 1.807) is 20.8 Å². The summed E-state index contributed by atoms with van der Waals surface area (Å²) in [4.78, 5) is 17.2. The Balaban J connectivity index is 1.96. The van der Waals surface area contributed by atoms with Gasteiger partial charge in [0.1, 0.15) is 23.3 Å². The minimum Gasteiger partial charge on any atom is -0.485 e. The van der Waals surface area contributed by atoms with E-state index in [-0.39, 0.29) is 6.04 Å². The van der Waals surface area contributed by atoms with E-state index in [1.165, 1.54) is 17.2 Å². The molecule has 1 fully saturated rings. The molecule has 1 aromatic rings. The fourth-order valence-electron chi connectivity index (χ4n) is 2.03. The molecule has 1 amide bonds. The fraction of sp³-hybridized carbons (Fsp3) is 0.571. The standard InChI is InChI=1S/C14H20FN3O3/c1-14(2,3)21-13(19)18-7-11(16)12(8-18)20-10-4-9(15)5-17-6-10/h4-6,11-12H,7-8,16H2,1-3H3. The molecule has 0 saturated carbocycles. The highest BCUT2D eigenvalue weighted by molar-refractivity contribution is 5.68. The number of rotatable bonds is 2. The Labute approximate surface area is 123 Å². The largest absolute Gasteiger partial charge is 0.485 e. The molecular formula is C14H20FN3O3. The van der Waals surface area contributed by atoms with Crippen LogP contribution in [0.2, 0.25) is 0 Å². The highest BCUT2D eigenvalue weighted by Gasteiger charge is 2.36. The molecule has 1 aromatic heterocycles. The van der Waals surface area contributed by atoms with Crippen LogP contribution in [0.25, 0.3) is 0 Å². The van der Waals surface area contributed by atoms with Crippen molar-refractivity contribution in [3.05, 3.63) is 24.3 Å². The third kappa shape index (κ3) is 4.29. The molecule has 2 rings (SSSR count). The zero-order chi connectivity index (χ0) is 15.6. The topological polar surface area (TPSA) is 77.7 Å². The lowest BCUT2D eigenvalue weighted by Crippen LogP contribution is -2.37. The first-order valence-corrected chi connectivity index (χ1v) is 6.75. The van der Waals surface area contributed by atoms with Crippen LogP contribution in [0.15, 0.2) is 18.5 Å². The van der Waals surface area contributed by atoms with Gasteiger partial charge < -0.3 is 20.1 Å². The third-order valence-corrected chi connectivity index (χ3v) is 2.93. The second kappa shape index (κ2) is 5.85. The van der Waals surface area contributed by atoms with Crippen LogP contribution in [0.1, 0.15) is 20.8 Å². The lowest BCUT2D eigenvalue weighted by molar-refractivity contribution is 0.0275. The first-order valence-electron chi connectivity index (χ1n) is 6.75. The van der Waals surface area contributed by atoms with E-state index in [9.17, 15) is 9.18 Å². The maximum atomic E-state index is 13.1. The molecule has 6 nitrogen and oxygen atoms in total. The number of aromatic nitrogens is 1. The summed E-state index contributed by atoms with van der Waals surface area (Å²) in [6.07, 6.45) is 1.66. The quantitative estimate of drug-likeness (QED) is 0.896. The van der Waals surface area contributed by atoms with E-state index in [4.69, 9.17) is 15.2 Å². The van der Waals surface area contributed by atoms with Crippen molar-refractivity contribution in [2.24, 2.45) is 5.73 Å². The normalized spacial score (nSPS) is 22.2. The number of hydrogen-bond acceptors (Lipinski definition) is 5. The molecule has 1 saturated heterocycles. The number of carbonyl (C=O) groups is 1. The average Bonchev–Trinajstić information content (AvgIpc) is 2.69. The second-order valence-electron chi connectivity index (χ2n) is 6.04. The molecule has 0 spiro atoms. The molecular weight excluding hydrogens is 277 g/mol. The maximum Gasteiger partial charge on any atom is 0.410 e. The summed E-state index contributed by atoms with van der Waals surface area (Å²) in [5, 5.41) is 0. The van der Waals surface area contributed by atoms with Crippen molar-refractivity contribution in [2.75, 3.05) is 13.1 Å². The SMILES string of the molecule is CC(C)(C)OC(=O)N1CC(N)C(Oc2cncc(F)c2)C1. The van der Waals surface area contributed by atoms with Gasteiger partial charge in [-0.1, -0.05) is 0 Å². The molecule has 0 aliphatic carbocycles. The Morgan fingerprint density at radius 3 is 2.76 bits per heavy atom. The van der Waals surface area contributed by atoms with E-state index < -0.39 is 23.6 Å². The summed E-state index contributed by atoms with van der Waals surface area (Å²) in [7, 11) is 0. The molecule has 7 heteroatoms. The van der Waals surface area contributed by atoms with Gasteiger partial charge in [-0.25, -0.2) is 9.18 Å². The van der Waals surface area contributed by atoms with Gasteiger partial charge in [-0.15, -0.1) is 0 Å². The number of hydrogen-bond donors (Lipinski definition) is 1. The van der Waals surface area contributed by atoms with Crippen LogP contribution >= 0.6 is 0 Å². The summed E-state index contributed by atoms with van der Waals surface area (Å²) in [5.74, 6) is -0.190. The van der Waals surface area contributed by atoms with Crippen LogP contribution in [0, 0.1) is 5.82 Å². The first-order chi connectivity index (χ1) is 9.74. The van der Waals surface area contributed by atoms with Crippen LogP contribution < -0.4 is 10.5 Å². The molecule has 0 bridgehead atoms. The number of halogens is 1. The van der Waals surface area contributed by atoms with Crippen LogP contribution in [-0.2, 0) is 4.74 Å². The second-order valence-corrected chi connectivity index (χ2v) is 6.04. The Morgan fingerprint density at radius 1 is 1.43 bits per heavy atom. The fourth-order valence-corrected chi connectivity index (χ4v) is 2.03. The van der Waals surface area contributed by atoms with Gasteiger partial charge in [-0.2, -0.15) is 0 Å². The average molecular weight is 297 g/mol. The van der Waals surface area contributed by atoms with Crippen molar-refractivity contribution in [1.82, 2.24) is 9.88 Å². The van der Waals surface area contributed by atoms with Crippen LogP contribution in [0.3, 0.4) is 0 Å². The summed E-state index contributed by atoms with van der Waals surface area (Å²) < 4.78 is 24.0. The monoisotopic (exact) mass is 297 g/mol. The van der Waals surface area contributed by atoms with Gasteiger partial charge in [0.15, 0.2) is 0 Å². The Kier molecular flexibility index (Phi) is 4.32. The van der Waals surface area contributed by atoms with Crippen LogP contribution in [0.5, 0.6) is 5.75 Å². The Bertz CT molecular complexity index is 518. The molecule has 116 valence electrons. The number of nitrogens with two attached hydrogens (primary N) is 1. The zero-order valence-corrected chi connectivity index (χ0v) is 12.4. The van der Waals surface area contributed by atoms with Crippen LogP contribution in [0.4, 0.5) is 9.18 Å². The zero-order valence-electron chi connectivity index (χ0n) is 12.4. The van der Waals surface area contributed by atoms with E-state index in [2.05, 4.69) is 4.98 Å². The Morgan fingerprint density at radius 2 is 2.14 bits per heavy atom. The summed E-state index contributed by atoms with van der Waals surface area (Å²) in [5.41, 5.74) is 5.41. The first kappa shape index (κ1) is 15.5. The highest BCUT2D eigenvalue weighted by Crippen LogP contribution is 2.20. The minimum absolute atomic E-state index is 0.293. The number of ether oxygens (including phenoxy) is 2. The highest BCUT2D eigenvalue weighted by atomic mass is 19.1. The predicted molar refractivity (Wildman–Crippen MR) is 74.4 cm³/mol. The van der Waals surface area contributed by atoms with Gasteiger partial charge in [0.25, 0.3) is 0 Å². The minimum atomic E-state index is -0.563. The molecule has 0 aromatic carbocycles. The molecule has 2 heterocycles. The van der Waals surface area contributed by atoms with Crippen molar-refractivity contribution < 1.29 is 18.7 Å². The van der Waals surface area contributed by atoms with E-state index in [0.29, 0.717) is 18.8 Å². The van der Waals surface area contributed by atoms with Gasteiger partial charge >= 0.3 is 6.09 Å². The van der Waals surface area contributed by atoms with Crippen molar-refractivity contribution in [3.8, 4) is 5.75 Å². The van der Waals surface area contributed by atoms with E-state index >= 15 is 0 Å². The molecule has 21 heavy (non-hydrogen) atoms. The molecule has 0 radical (unpaired) electrons. The number of amides is 1. The number of nitrogens with zero attached hydrogens (tertiary/aromatic N) is 2. The van der Waals surface area contributed by atoms with Gasteiger partial charge in [0.05, 0.1) is 25.0 Å². The summed E-state index contributed by atoms with van der Waals surface area (Å²) in [6, 6.07) is 0.872. The number of carbonyl (C=O) groups excluding carboxylic acids is 1. The van der Waals surface area contributed by atoms with Crippen molar-refractivity contribution in [3.63, 3.8) is 0 Å². The maximum absolute atomic E-state index is 13.1. The van der Waals surface area contributed by atoms with Crippen molar-refractivity contribution >= 4 is 6.09 Å². The molecule has 2 unspecified atom stereocenters. The lowest BCUT2D eigenvalue weighted by Gasteiger charge is -2.24. The Hall–Kier alpha value is -1.89. The predicted octanol–water partition coefficient (Wildman–Crippen LogP) is 1.55. The van der Waals surface area contributed by atoms with Gasteiger partial charge in [-0.3, -0.25) is 4.98 Å². The van der Waals surface area contributed by atoms with Crippen molar-refractivity contribution in [2.45, 2.75) is 38.5 Å². The van der Waals surface area contributed by atoms with E-state index in [1.807, 2.05) is 0 Å². The van der Waals surface area contributed by atoms with E-state index in [0.717, 1.165) is 6.20 Å². The smallest absolute Gasteiger partial charge is 0.410 e. The molecule has 1 aliphatic rings. The summed E-state index contributed by atoms with van der Waals surface area (Å²) in [6.45, 7) is 6.03. The molecule has 2 N–H and O–H groups in total. The van der Waals surface area contributed by atoms with Crippen LogP contribution in [-0.4, -0.2) is 46.8 Å². The van der Waals surface area contributed by atoms with Crippen molar-refractivity contribution in [1.29, 1.82) is 0 Å². The lowest BCUT2D eigenvalue weighted by atomic mass is 10.2. The van der Waals surface area contributed by atoms with Gasteiger partial charge in [0, 0.05) is 12.6 Å². The number of likely N-dealkylation sites (tertiary alicyclic amines) is 1. The van der Waals surface area contributed by atoms with Gasteiger partial charge in [0.2, 0.25) is 0 Å². The third-order valence-electron chi connectivity index (χ3n) is 2.93. The van der Waals surface area contributed by atoms with Gasteiger partial charge in [-0.05, 0) is 20.8 Å². The number of pyridine rings is 1.